The zero-order valence-corrected chi connectivity index (χ0v) is 17.8. The molecule has 0 bridgehead atoms. The van der Waals surface area contributed by atoms with Gasteiger partial charge in [0.05, 0.1) is 5.56 Å². The average molecular weight is 429 g/mol. The summed E-state index contributed by atoms with van der Waals surface area (Å²) in [5.74, 6) is -0.432. The summed E-state index contributed by atoms with van der Waals surface area (Å²) in [6.45, 7) is 4.84. The molecule has 2 aromatic carbocycles. The van der Waals surface area contributed by atoms with Crippen molar-refractivity contribution in [3.8, 4) is 0 Å². The number of nitrogens with one attached hydrogen (secondary N) is 1. The van der Waals surface area contributed by atoms with Crippen molar-refractivity contribution in [2.24, 2.45) is 4.99 Å². The molecule has 0 spiro atoms. The number of carboxylic acid groups (broad SMARTS) is 1. The molecule has 0 saturated carbocycles. The normalized spacial score (nSPS) is 15.2. The molecule has 166 valence electrons. The van der Waals surface area contributed by atoms with Crippen molar-refractivity contribution >= 4 is 17.6 Å². The first-order valence-electron chi connectivity index (χ1n) is 10.4. The molecular formula is C23H29FN4O3. The van der Waals surface area contributed by atoms with Gasteiger partial charge in [0, 0.05) is 64.2 Å². The van der Waals surface area contributed by atoms with Gasteiger partial charge in [0.2, 0.25) is 0 Å². The van der Waals surface area contributed by atoms with E-state index in [1.165, 1.54) is 6.07 Å². The summed E-state index contributed by atoms with van der Waals surface area (Å²) in [4.78, 5) is 20.4. The number of methoxy groups -OCH3 is 1. The first-order valence-corrected chi connectivity index (χ1v) is 10.4. The fourth-order valence-electron chi connectivity index (χ4n) is 3.46. The van der Waals surface area contributed by atoms with Crippen molar-refractivity contribution in [2.75, 3.05) is 51.8 Å². The second-order valence-corrected chi connectivity index (χ2v) is 7.42. The Hall–Kier alpha value is -2.97. The lowest BCUT2D eigenvalue weighted by molar-refractivity contribution is 0.0697. The quantitative estimate of drug-likeness (QED) is 0.382. The summed E-state index contributed by atoms with van der Waals surface area (Å²) in [7, 11) is 1.66. The third kappa shape index (κ3) is 6.77. The van der Waals surface area contributed by atoms with E-state index in [2.05, 4.69) is 15.1 Å². The number of carbonyl (C=O) groups is 1. The van der Waals surface area contributed by atoms with E-state index in [9.17, 15) is 14.3 Å². The number of benzene rings is 2. The molecule has 1 aliphatic rings. The highest BCUT2D eigenvalue weighted by molar-refractivity contribution is 5.95. The molecule has 1 aliphatic heterocycles. The van der Waals surface area contributed by atoms with E-state index in [1.54, 1.807) is 31.4 Å². The highest BCUT2D eigenvalue weighted by Crippen LogP contribution is 2.15. The van der Waals surface area contributed by atoms with Crippen LogP contribution in [-0.2, 0) is 11.3 Å². The van der Waals surface area contributed by atoms with E-state index in [4.69, 9.17) is 9.73 Å². The number of halogens is 1. The second-order valence-electron chi connectivity index (χ2n) is 7.42. The largest absolute Gasteiger partial charge is 0.478 e. The number of rotatable bonds is 8. The summed E-state index contributed by atoms with van der Waals surface area (Å²) in [6, 6.07) is 13.6. The lowest BCUT2D eigenvalue weighted by atomic mass is 10.2. The van der Waals surface area contributed by atoms with E-state index in [-0.39, 0.29) is 11.4 Å². The van der Waals surface area contributed by atoms with Crippen LogP contribution in [0.3, 0.4) is 0 Å². The fourth-order valence-corrected chi connectivity index (χ4v) is 3.46. The SMILES string of the molecule is COCCCN=C(Nc1cccc(C(=O)O)c1)N1CCN(Cc2ccccc2F)CC1. The minimum atomic E-state index is -0.969. The maximum absolute atomic E-state index is 14.0. The zero-order valence-electron chi connectivity index (χ0n) is 17.8. The molecule has 31 heavy (non-hydrogen) atoms. The van der Waals surface area contributed by atoms with E-state index >= 15 is 0 Å². The summed E-state index contributed by atoms with van der Waals surface area (Å²) < 4.78 is 19.1. The first-order chi connectivity index (χ1) is 15.1. The molecule has 1 heterocycles. The number of aromatic carboxylic acids is 1. The van der Waals surface area contributed by atoms with Crippen LogP contribution in [0, 0.1) is 5.82 Å². The lowest BCUT2D eigenvalue weighted by Crippen LogP contribution is -2.50. The van der Waals surface area contributed by atoms with Gasteiger partial charge in [0.15, 0.2) is 5.96 Å². The Balaban J connectivity index is 1.65. The molecule has 0 atom stereocenters. The minimum absolute atomic E-state index is 0.176. The first kappa shape index (κ1) is 22.7. The van der Waals surface area contributed by atoms with Gasteiger partial charge in [-0.25, -0.2) is 9.18 Å². The molecule has 0 unspecified atom stereocenters. The van der Waals surface area contributed by atoms with E-state index in [1.807, 2.05) is 18.2 Å². The van der Waals surface area contributed by atoms with Crippen molar-refractivity contribution in [1.29, 1.82) is 0 Å². The van der Waals surface area contributed by atoms with E-state index in [0.717, 1.165) is 32.6 Å². The van der Waals surface area contributed by atoms with Crippen molar-refractivity contribution < 1.29 is 19.0 Å². The number of hydrogen-bond donors (Lipinski definition) is 2. The lowest BCUT2D eigenvalue weighted by Gasteiger charge is -2.36. The Morgan fingerprint density at radius 3 is 2.65 bits per heavy atom. The summed E-state index contributed by atoms with van der Waals surface area (Å²) >= 11 is 0. The number of guanidine groups is 1. The van der Waals surface area contributed by atoms with Crippen LogP contribution in [0.4, 0.5) is 10.1 Å². The molecule has 8 heteroatoms. The Kier molecular flexibility index (Phi) is 8.37. The van der Waals surface area contributed by atoms with Gasteiger partial charge in [-0.2, -0.15) is 0 Å². The smallest absolute Gasteiger partial charge is 0.335 e. The maximum Gasteiger partial charge on any atom is 0.335 e. The van der Waals surface area contributed by atoms with Crippen LogP contribution >= 0.6 is 0 Å². The molecule has 2 N–H and O–H groups in total. The molecule has 0 radical (unpaired) electrons. The predicted molar refractivity (Wildman–Crippen MR) is 119 cm³/mol. The van der Waals surface area contributed by atoms with Crippen molar-refractivity contribution in [3.63, 3.8) is 0 Å². The summed E-state index contributed by atoms with van der Waals surface area (Å²) in [5.41, 5.74) is 1.60. The molecular weight excluding hydrogens is 399 g/mol. The predicted octanol–water partition coefficient (Wildman–Crippen LogP) is 3.15. The Bertz CT molecular complexity index is 898. The van der Waals surface area contributed by atoms with Gasteiger partial charge in [0.25, 0.3) is 0 Å². The number of anilines is 1. The van der Waals surface area contributed by atoms with Crippen molar-refractivity contribution in [2.45, 2.75) is 13.0 Å². The van der Waals surface area contributed by atoms with Gasteiger partial charge >= 0.3 is 5.97 Å². The monoisotopic (exact) mass is 428 g/mol. The molecule has 0 aliphatic carbocycles. The molecule has 0 aromatic heterocycles. The van der Waals surface area contributed by atoms with E-state index < -0.39 is 5.97 Å². The summed E-state index contributed by atoms with van der Waals surface area (Å²) in [5, 5.41) is 12.5. The van der Waals surface area contributed by atoms with Crippen LogP contribution in [0.25, 0.3) is 0 Å². The zero-order chi connectivity index (χ0) is 22.1. The minimum Gasteiger partial charge on any atom is -0.478 e. The van der Waals surface area contributed by atoms with Crippen molar-refractivity contribution in [1.82, 2.24) is 9.80 Å². The topological polar surface area (TPSA) is 77.4 Å². The molecule has 7 nitrogen and oxygen atoms in total. The van der Waals surface area contributed by atoms with Gasteiger partial charge in [-0.05, 0) is 30.7 Å². The van der Waals surface area contributed by atoms with Gasteiger partial charge in [-0.3, -0.25) is 9.89 Å². The highest BCUT2D eigenvalue weighted by Gasteiger charge is 2.21. The number of carboxylic acids is 1. The number of hydrogen-bond acceptors (Lipinski definition) is 4. The third-order valence-corrected chi connectivity index (χ3v) is 5.16. The molecule has 3 rings (SSSR count). The molecule has 2 aromatic rings. The number of piperazine rings is 1. The van der Waals surface area contributed by atoms with Crippen molar-refractivity contribution in [3.05, 3.63) is 65.5 Å². The Labute approximate surface area is 182 Å². The van der Waals surface area contributed by atoms with Gasteiger partial charge in [-0.1, -0.05) is 24.3 Å². The summed E-state index contributed by atoms with van der Waals surface area (Å²) in [6.07, 6.45) is 0.796. The third-order valence-electron chi connectivity index (χ3n) is 5.16. The molecule has 1 fully saturated rings. The molecule has 1 saturated heterocycles. The standard InChI is InChI=1S/C23H29FN4O3/c1-31-15-5-10-25-23(26-20-8-4-7-18(16-20)22(29)30)28-13-11-27(12-14-28)17-19-6-2-3-9-21(19)24/h2-4,6-9,16H,5,10-15,17H2,1H3,(H,25,26)(H,29,30). The van der Waals surface area contributed by atoms with Crippen LogP contribution in [0.2, 0.25) is 0 Å². The van der Waals surface area contributed by atoms with Gasteiger partial charge < -0.3 is 20.1 Å². The average Bonchev–Trinajstić information content (AvgIpc) is 2.78. The number of aliphatic imine (C=N–C) groups is 1. The fraction of sp³-hybridized carbons (Fsp3) is 0.391. The second kappa shape index (κ2) is 11.4. The van der Waals surface area contributed by atoms with Gasteiger partial charge in [-0.15, -0.1) is 0 Å². The number of nitrogens with zero attached hydrogens (tertiary/aromatic N) is 3. The number of ether oxygens (including phenoxy) is 1. The molecule has 0 amide bonds. The van der Waals surface area contributed by atoms with Crippen LogP contribution in [0.5, 0.6) is 0 Å². The van der Waals surface area contributed by atoms with Crippen LogP contribution < -0.4 is 5.32 Å². The maximum atomic E-state index is 14.0. The Morgan fingerprint density at radius 2 is 1.94 bits per heavy atom. The van der Waals surface area contributed by atoms with Crippen LogP contribution in [0.15, 0.2) is 53.5 Å². The highest BCUT2D eigenvalue weighted by atomic mass is 19.1. The van der Waals surface area contributed by atoms with Crippen LogP contribution in [0.1, 0.15) is 22.3 Å². The Morgan fingerprint density at radius 1 is 1.16 bits per heavy atom. The van der Waals surface area contributed by atoms with Crippen LogP contribution in [-0.4, -0.2) is 73.3 Å². The van der Waals surface area contributed by atoms with E-state index in [0.29, 0.717) is 36.9 Å². The van der Waals surface area contributed by atoms with Gasteiger partial charge in [0.1, 0.15) is 5.82 Å².